The molecule has 1 rings (SSSR count). The molecule has 70 valence electrons. The van der Waals surface area contributed by atoms with Gasteiger partial charge in [-0.05, 0) is 32.4 Å². The van der Waals surface area contributed by atoms with E-state index in [9.17, 15) is 4.79 Å². The van der Waals surface area contributed by atoms with Crippen LogP contribution in [0.5, 0.6) is 0 Å². The number of piperidine rings is 1. The minimum absolute atomic E-state index is 0.315. The topological polar surface area (TPSA) is 20.3 Å². The van der Waals surface area contributed by atoms with Crippen molar-refractivity contribution >= 4 is 17.7 Å². The van der Waals surface area contributed by atoms with E-state index in [4.69, 9.17) is 0 Å². The Morgan fingerprint density at radius 2 is 2.33 bits per heavy atom. The predicted molar refractivity (Wildman–Crippen MR) is 53.4 cm³/mol. The first-order valence-corrected chi connectivity index (χ1v) is 5.93. The zero-order valence-electron chi connectivity index (χ0n) is 7.88. The van der Waals surface area contributed by atoms with Gasteiger partial charge in [0, 0.05) is 12.6 Å². The molecule has 1 aliphatic rings. The largest absolute Gasteiger partial charge is 0.339 e. The monoisotopic (exact) mass is 187 g/mol. The second-order valence-electron chi connectivity index (χ2n) is 3.36. The molecule has 1 saturated heterocycles. The standard InChI is InChI=1S/C9H17NOS/c1-8-5-3-4-6-10(8)9(11)7-12-2/h8H,3-7H2,1-2H3. The number of nitrogens with zero attached hydrogens (tertiary/aromatic N) is 1. The number of carbonyl (C=O) groups excluding carboxylic acids is 1. The lowest BCUT2D eigenvalue weighted by Crippen LogP contribution is -2.42. The van der Waals surface area contributed by atoms with Gasteiger partial charge in [-0.1, -0.05) is 0 Å². The van der Waals surface area contributed by atoms with E-state index in [1.165, 1.54) is 19.3 Å². The molecule has 0 spiro atoms. The van der Waals surface area contributed by atoms with E-state index >= 15 is 0 Å². The van der Waals surface area contributed by atoms with Gasteiger partial charge in [-0.3, -0.25) is 4.79 Å². The summed E-state index contributed by atoms with van der Waals surface area (Å²) in [6.07, 6.45) is 5.63. The second kappa shape index (κ2) is 4.75. The molecule has 0 N–H and O–H groups in total. The van der Waals surface area contributed by atoms with Crippen LogP contribution in [0.3, 0.4) is 0 Å². The first-order valence-electron chi connectivity index (χ1n) is 4.54. The van der Waals surface area contributed by atoms with Crippen molar-refractivity contribution in [2.24, 2.45) is 0 Å². The molecule has 0 saturated carbocycles. The fraction of sp³-hybridized carbons (Fsp3) is 0.889. The number of carbonyl (C=O) groups is 1. The molecule has 1 heterocycles. The fourth-order valence-electron chi connectivity index (χ4n) is 1.68. The maximum Gasteiger partial charge on any atom is 0.232 e. The molecule has 3 heteroatoms. The van der Waals surface area contributed by atoms with Gasteiger partial charge in [-0.15, -0.1) is 0 Å². The normalized spacial score (nSPS) is 24.2. The summed E-state index contributed by atoms with van der Waals surface area (Å²) in [4.78, 5) is 13.5. The highest BCUT2D eigenvalue weighted by Crippen LogP contribution is 2.17. The Balaban J connectivity index is 2.42. The Labute approximate surface area is 78.7 Å². The van der Waals surface area contributed by atoms with E-state index < -0.39 is 0 Å². The molecule has 0 radical (unpaired) electrons. The van der Waals surface area contributed by atoms with Gasteiger partial charge in [-0.2, -0.15) is 11.8 Å². The second-order valence-corrected chi connectivity index (χ2v) is 4.23. The van der Waals surface area contributed by atoms with Crippen molar-refractivity contribution in [2.75, 3.05) is 18.6 Å². The van der Waals surface area contributed by atoms with Crippen LogP contribution in [0.4, 0.5) is 0 Å². The molecule has 1 atom stereocenters. The maximum atomic E-state index is 11.5. The third-order valence-electron chi connectivity index (χ3n) is 2.39. The Bertz CT molecular complexity index is 161. The molecule has 1 aliphatic heterocycles. The van der Waals surface area contributed by atoms with Crippen LogP contribution in [0.25, 0.3) is 0 Å². The average Bonchev–Trinajstić information content (AvgIpc) is 2.05. The number of hydrogen-bond acceptors (Lipinski definition) is 2. The highest BCUT2D eigenvalue weighted by molar-refractivity contribution is 7.99. The van der Waals surface area contributed by atoms with Gasteiger partial charge in [0.15, 0.2) is 0 Å². The minimum Gasteiger partial charge on any atom is -0.339 e. The van der Waals surface area contributed by atoms with Gasteiger partial charge in [0.1, 0.15) is 0 Å². The van der Waals surface area contributed by atoms with Crippen molar-refractivity contribution < 1.29 is 4.79 Å². The molecule has 1 unspecified atom stereocenters. The smallest absolute Gasteiger partial charge is 0.232 e. The van der Waals surface area contributed by atoms with E-state index in [2.05, 4.69) is 6.92 Å². The number of hydrogen-bond donors (Lipinski definition) is 0. The molecular formula is C9H17NOS. The predicted octanol–water partition coefficient (Wildman–Crippen LogP) is 1.75. The van der Waals surface area contributed by atoms with E-state index in [0.717, 1.165) is 6.54 Å². The van der Waals surface area contributed by atoms with E-state index in [-0.39, 0.29) is 0 Å². The molecule has 0 aromatic heterocycles. The lowest BCUT2D eigenvalue weighted by molar-refractivity contribution is -0.131. The lowest BCUT2D eigenvalue weighted by Gasteiger charge is -2.33. The number of amides is 1. The van der Waals surface area contributed by atoms with Gasteiger partial charge in [0.2, 0.25) is 5.91 Å². The van der Waals surface area contributed by atoms with E-state index in [1.807, 2.05) is 11.2 Å². The first-order chi connectivity index (χ1) is 5.75. The highest BCUT2D eigenvalue weighted by Gasteiger charge is 2.21. The molecule has 1 amide bonds. The van der Waals surface area contributed by atoms with Crippen molar-refractivity contribution in [3.63, 3.8) is 0 Å². The van der Waals surface area contributed by atoms with Gasteiger partial charge in [0.05, 0.1) is 5.75 Å². The minimum atomic E-state index is 0.315. The van der Waals surface area contributed by atoms with Gasteiger partial charge < -0.3 is 4.90 Å². The van der Waals surface area contributed by atoms with E-state index in [0.29, 0.717) is 17.7 Å². The number of likely N-dealkylation sites (tertiary alicyclic amines) is 1. The zero-order valence-corrected chi connectivity index (χ0v) is 8.69. The fourth-order valence-corrected chi connectivity index (χ4v) is 2.09. The van der Waals surface area contributed by atoms with Crippen molar-refractivity contribution in [1.82, 2.24) is 4.90 Å². The van der Waals surface area contributed by atoms with Crippen LogP contribution in [-0.4, -0.2) is 35.4 Å². The maximum absolute atomic E-state index is 11.5. The quantitative estimate of drug-likeness (QED) is 0.656. The first kappa shape index (κ1) is 9.90. The Kier molecular flexibility index (Phi) is 3.92. The van der Waals surface area contributed by atoms with Crippen LogP contribution in [0.15, 0.2) is 0 Å². The Morgan fingerprint density at radius 1 is 1.58 bits per heavy atom. The molecule has 1 fully saturated rings. The van der Waals surface area contributed by atoms with Crippen molar-refractivity contribution in [2.45, 2.75) is 32.2 Å². The zero-order chi connectivity index (χ0) is 8.97. The summed E-state index contributed by atoms with van der Waals surface area (Å²) in [5.74, 6) is 0.958. The molecular weight excluding hydrogens is 170 g/mol. The molecule has 2 nitrogen and oxygen atoms in total. The van der Waals surface area contributed by atoms with Crippen molar-refractivity contribution in [3.05, 3.63) is 0 Å². The van der Waals surface area contributed by atoms with Crippen LogP contribution in [0, 0.1) is 0 Å². The Morgan fingerprint density at radius 3 is 2.92 bits per heavy atom. The molecule has 0 aliphatic carbocycles. The van der Waals surface area contributed by atoms with Crippen LogP contribution < -0.4 is 0 Å². The van der Waals surface area contributed by atoms with Crippen LogP contribution in [0.1, 0.15) is 26.2 Å². The lowest BCUT2D eigenvalue weighted by atomic mass is 10.0. The van der Waals surface area contributed by atoms with Crippen LogP contribution in [-0.2, 0) is 4.79 Å². The van der Waals surface area contributed by atoms with Gasteiger partial charge in [-0.25, -0.2) is 0 Å². The Hall–Kier alpha value is -0.180. The summed E-state index contributed by atoms with van der Waals surface area (Å²) < 4.78 is 0. The SMILES string of the molecule is CSCC(=O)N1CCCCC1C. The summed E-state index contributed by atoms with van der Waals surface area (Å²) in [6.45, 7) is 3.12. The summed E-state index contributed by atoms with van der Waals surface area (Å²) in [7, 11) is 0. The highest BCUT2D eigenvalue weighted by atomic mass is 32.2. The number of rotatable bonds is 2. The molecule has 0 bridgehead atoms. The molecule has 0 aromatic carbocycles. The molecule has 12 heavy (non-hydrogen) atoms. The van der Waals surface area contributed by atoms with Crippen LogP contribution in [0.2, 0.25) is 0 Å². The third-order valence-corrected chi connectivity index (χ3v) is 2.93. The third kappa shape index (κ3) is 2.41. The van der Waals surface area contributed by atoms with Crippen molar-refractivity contribution in [1.29, 1.82) is 0 Å². The molecule has 0 aromatic rings. The summed E-state index contributed by atoms with van der Waals surface area (Å²) in [5.41, 5.74) is 0. The van der Waals surface area contributed by atoms with E-state index in [1.54, 1.807) is 11.8 Å². The van der Waals surface area contributed by atoms with Gasteiger partial charge in [0.25, 0.3) is 0 Å². The van der Waals surface area contributed by atoms with Gasteiger partial charge >= 0.3 is 0 Å². The average molecular weight is 187 g/mol. The summed E-state index contributed by atoms with van der Waals surface area (Å²) in [5, 5.41) is 0. The number of thioether (sulfide) groups is 1. The summed E-state index contributed by atoms with van der Waals surface area (Å²) in [6, 6.07) is 0.471. The van der Waals surface area contributed by atoms with Crippen LogP contribution >= 0.6 is 11.8 Å². The summed E-state index contributed by atoms with van der Waals surface area (Å²) >= 11 is 1.61. The van der Waals surface area contributed by atoms with Crippen molar-refractivity contribution in [3.8, 4) is 0 Å².